The Balaban J connectivity index is 1.66. The van der Waals surface area contributed by atoms with Crippen LogP contribution >= 0.6 is 0 Å². The van der Waals surface area contributed by atoms with E-state index in [1.807, 2.05) is 45.0 Å². The second-order valence-electron chi connectivity index (χ2n) is 16.9. The molecular weight excluding hydrogens is 736 g/mol. The molecule has 1 aliphatic heterocycles. The minimum atomic E-state index is -0.936. The first-order chi connectivity index (χ1) is 26.8. The van der Waals surface area contributed by atoms with Gasteiger partial charge in [-0.2, -0.15) is 0 Å². The summed E-state index contributed by atoms with van der Waals surface area (Å²) in [6.45, 7) is 18.7. The molecule has 0 spiro atoms. The number of ether oxygens (including phenoxy) is 4. The molecule has 1 heterocycles. The van der Waals surface area contributed by atoms with Crippen LogP contribution in [0.5, 0.6) is 0 Å². The number of primary amides is 1. The van der Waals surface area contributed by atoms with E-state index in [1.54, 1.807) is 13.8 Å². The molecule has 16 heteroatoms. The van der Waals surface area contributed by atoms with Crippen LogP contribution in [0.3, 0.4) is 0 Å². The fraction of sp³-hybridized carbons (Fsp3) is 0.707. The molecule has 322 valence electrons. The number of likely N-dealkylation sites (tertiary alicyclic amines) is 1. The summed E-state index contributed by atoms with van der Waals surface area (Å²) < 4.78 is 22.0. The Bertz CT molecular complexity index is 1440. The van der Waals surface area contributed by atoms with E-state index in [1.165, 1.54) is 4.90 Å². The van der Waals surface area contributed by atoms with E-state index < -0.39 is 29.9 Å². The largest absolute Gasteiger partial charge is 0.379 e. The Hall–Kier alpha value is -4.12. The number of anilines is 1. The SMILES string of the molecule is CC(C)[C@H](NC(=O)CCOCCOCCOCCOCCN1C(=O)CC(C(C)(C)C)C1=O)C(=O)N[C@@H](CCCNC(N)=O)C(=O)Nc1ccc(CC(C)(C)C)cc1. The number of amides is 7. The van der Waals surface area contributed by atoms with E-state index >= 15 is 0 Å². The molecule has 1 aromatic rings. The predicted octanol–water partition coefficient (Wildman–Crippen LogP) is 3.17. The van der Waals surface area contributed by atoms with Crippen LogP contribution in [0.1, 0.15) is 86.6 Å². The smallest absolute Gasteiger partial charge is 0.312 e. The van der Waals surface area contributed by atoms with Gasteiger partial charge in [-0.15, -0.1) is 0 Å². The number of hydrogen-bond acceptors (Lipinski definition) is 10. The minimum absolute atomic E-state index is 0.0186. The molecule has 3 atom stereocenters. The van der Waals surface area contributed by atoms with Gasteiger partial charge in [0.2, 0.25) is 29.5 Å². The van der Waals surface area contributed by atoms with Crippen molar-refractivity contribution in [3.63, 3.8) is 0 Å². The van der Waals surface area contributed by atoms with E-state index in [0.717, 1.165) is 12.0 Å². The highest BCUT2D eigenvalue weighted by atomic mass is 16.6. The maximum Gasteiger partial charge on any atom is 0.312 e. The predicted molar refractivity (Wildman–Crippen MR) is 216 cm³/mol. The molecule has 1 fully saturated rings. The van der Waals surface area contributed by atoms with Gasteiger partial charge in [-0.05, 0) is 53.7 Å². The Labute approximate surface area is 338 Å². The van der Waals surface area contributed by atoms with Crippen molar-refractivity contribution in [1.82, 2.24) is 20.9 Å². The number of carbonyl (C=O) groups excluding carboxylic acids is 6. The fourth-order valence-electron chi connectivity index (χ4n) is 6.05. The maximum atomic E-state index is 13.4. The average molecular weight is 805 g/mol. The summed E-state index contributed by atoms with van der Waals surface area (Å²) in [5.41, 5.74) is 6.75. The van der Waals surface area contributed by atoms with Crippen LogP contribution in [0.2, 0.25) is 0 Å². The highest BCUT2D eigenvalue weighted by Gasteiger charge is 2.44. The van der Waals surface area contributed by atoms with Gasteiger partial charge in [0.15, 0.2) is 0 Å². The zero-order chi connectivity index (χ0) is 42.6. The Morgan fingerprint density at radius 2 is 1.37 bits per heavy atom. The number of nitrogens with one attached hydrogen (secondary N) is 4. The molecule has 16 nitrogen and oxygen atoms in total. The number of imide groups is 1. The van der Waals surface area contributed by atoms with Crippen molar-refractivity contribution in [3.8, 4) is 0 Å². The molecule has 0 radical (unpaired) electrons. The second kappa shape index (κ2) is 24.6. The fourth-order valence-corrected chi connectivity index (χ4v) is 6.05. The van der Waals surface area contributed by atoms with Gasteiger partial charge in [0.05, 0.1) is 65.3 Å². The van der Waals surface area contributed by atoms with Gasteiger partial charge in [0.1, 0.15) is 12.1 Å². The molecule has 0 saturated carbocycles. The number of nitrogens with two attached hydrogens (primary N) is 1. The lowest BCUT2D eigenvalue weighted by Gasteiger charge is -2.25. The van der Waals surface area contributed by atoms with Crippen LogP contribution in [-0.4, -0.2) is 118 Å². The molecule has 0 aromatic heterocycles. The summed E-state index contributed by atoms with van der Waals surface area (Å²) >= 11 is 0. The third-order valence-corrected chi connectivity index (χ3v) is 9.16. The van der Waals surface area contributed by atoms with Crippen LogP contribution < -0.4 is 27.0 Å². The van der Waals surface area contributed by atoms with E-state index in [-0.39, 0.29) is 92.6 Å². The summed E-state index contributed by atoms with van der Waals surface area (Å²) in [7, 11) is 0. The van der Waals surface area contributed by atoms with Gasteiger partial charge >= 0.3 is 6.03 Å². The molecular formula is C41H68N6O10. The maximum absolute atomic E-state index is 13.4. The van der Waals surface area contributed by atoms with Gasteiger partial charge in [0, 0.05) is 25.1 Å². The molecule has 2 rings (SSSR count). The van der Waals surface area contributed by atoms with Crippen LogP contribution in [0.15, 0.2) is 24.3 Å². The molecule has 1 unspecified atom stereocenters. The lowest BCUT2D eigenvalue weighted by Crippen LogP contribution is -2.54. The van der Waals surface area contributed by atoms with Crippen molar-refractivity contribution in [1.29, 1.82) is 0 Å². The number of carbonyl (C=O) groups is 6. The van der Waals surface area contributed by atoms with Crippen LogP contribution in [0, 0.1) is 22.7 Å². The number of nitrogens with zero attached hydrogens (tertiary/aromatic N) is 1. The molecule has 1 aliphatic rings. The van der Waals surface area contributed by atoms with Gasteiger partial charge < -0.3 is 45.9 Å². The van der Waals surface area contributed by atoms with Gasteiger partial charge in [-0.25, -0.2) is 4.79 Å². The summed E-state index contributed by atoms with van der Waals surface area (Å²) in [5, 5.41) is 10.9. The molecule has 7 amide bonds. The molecule has 57 heavy (non-hydrogen) atoms. The Morgan fingerprint density at radius 3 is 1.88 bits per heavy atom. The Morgan fingerprint density at radius 1 is 0.807 bits per heavy atom. The van der Waals surface area contributed by atoms with Crippen molar-refractivity contribution in [2.45, 2.75) is 99.6 Å². The second-order valence-corrected chi connectivity index (χ2v) is 16.9. The monoisotopic (exact) mass is 804 g/mol. The van der Waals surface area contributed by atoms with Crippen molar-refractivity contribution in [2.24, 2.45) is 28.4 Å². The zero-order valence-electron chi connectivity index (χ0n) is 35.3. The third-order valence-electron chi connectivity index (χ3n) is 9.16. The zero-order valence-corrected chi connectivity index (χ0v) is 35.3. The summed E-state index contributed by atoms with van der Waals surface area (Å²) in [5.74, 6) is -2.17. The first-order valence-electron chi connectivity index (χ1n) is 20.0. The molecule has 6 N–H and O–H groups in total. The third kappa shape index (κ3) is 19.7. The van der Waals surface area contributed by atoms with Crippen molar-refractivity contribution in [3.05, 3.63) is 29.8 Å². The van der Waals surface area contributed by atoms with Crippen molar-refractivity contribution < 1.29 is 47.7 Å². The standard InChI is InChI=1S/C41H68N6O10/c1-28(2)35(37(51)45-32(10-9-16-43-39(42)53)36(50)44-30-13-11-29(12-14-30)27-40(3,4)5)46-33(48)15-18-54-20-22-56-24-25-57-23-21-55-19-17-47-34(49)26-31(38(47)52)41(6,7)8/h11-14,28,31-32,35H,9-10,15-27H2,1-8H3,(H,44,50)(H,45,51)(H,46,48)(H3,42,43,53)/t31?,32-,35-/m0/s1. The normalized spacial score (nSPS) is 15.7. The van der Waals surface area contributed by atoms with E-state index in [2.05, 4.69) is 42.0 Å². The topological polar surface area (TPSA) is 217 Å². The minimum Gasteiger partial charge on any atom is -0.379 e. The molecule has 1 aromatic carbocycles. The quantitative estimate of drug-likeness (QED) is 0.0681. The summed E-state index contributed by atoms with van der Waals surface area (Å²) in [6, 6.07) is 5.04. The summed E-state index contributed by atoms with van der Waals surface area (Å²) in [6.07, 6.45) is 1.74. The van der Waals surface area contributed by atoms with Crippen molar-refractivity contribution >= 4 is 41.3 Å². The van der Waals surface area contributed by atoms with Crippen molar-refractivity contribution in [2.75, 3.05) is 71.3 Å². The highest BCUT2D eigenvalue weighted by Crippen LogP contribution is 2.35. The molecule has 1 saturated heterocycles. The number of hydrogen-bond donors (Lipinski definition) is 5. The Kier molecular flexibility index (Phi) is 21.2. The average Bonchev–Trinajstić information content (AvgIpc) is 3.41. The molecule has 0 bridgehead atoms. The van der Waals surface area contributed by atoms with Crippen LogP contribution in [-0.2, 0) is 49.3 Å². The number of benzene rings is 1. The lowest BCUT2D eigenvalue weighted by molar-refractivity contribution is -0.141. The first kappa shape index (κ1) is 49.0. The van der Waals surface area contributed by atoms with E-state index in [4.69, 9.17) is 24.7 Å². The van der Waals surface area contributed by atoms with E-state index in [0.29, 0.717) is 45.1 Å². The van der Waals surface area contributed by atoms with Crippen LogP contribution in [0.4, 0.5) is 10.5 Å². The number of rotatable bonds is 26. The highest BCUT2D eigenvalue weighted by molar-refractivity contribution is 6.04. The lowest BCUT2D eigenvalue weighted by atomic mass is 9.80. The van der Waals surface area contributed by atoms with Gasteiger partial charge in [0.25, 0.3) is 0 Å². The first-order valence-corrected chi connectivity index (χ1v) is 20.0. The van der Waals surface area contributed by atoms with E-state index in [9.17, 15) is 28.8 Å². The van der Waals surface area contributed by atoms with Gasteiger partial charge in [-0.1, -0.05) is 67.5 Å². The molecule has 0 aliphatic carbocycles. The van der Waals surface area contributed by atoms with Gasteiger partial charge in [-0.3, -0.25) is 28.9 Å². The van der Waals surface area contributed by atoms with Crippen LogP contribution in [0.25, 0.3) is 0 Å². The number of urea groups is 1. The summed E-state index contributed by atoms with van der Waals surface area (Å²) in [4.78, 5) is 76.7.